The van der Waals surface area contributed by atoms with Crippen LogP contribution in [-0.2, 0) is 13.0 Å². The lowest BCUT2D eigenvalue weighted by molar-refractivity contribution is 0.0944. The first kappa shape index (κ1) is 21.3. The zero-order valence-corrected chi connectivity index (χ0v) is 18.6. The maximum Gasteiger partial charge on any atom is 0.272 e. The Hall–Kier alpha value is -3.55. The molecule has 5 aromatic rings. The van der Waals surface area contributed by atoms with Crippen LogP contribution in [-0.4, -0.2) is 26.1 Å². The highest BCUT2D eigenvalue weighted by Crippen LogP contribution is 2.26. The molecule has 0 radical (unpaired) electrons. The number of H-pyrrole nitrogens is 1. The molecule has 0 unspecified atom stereocenters. The van der Waals surface area contributed by atoms with Gasteiger partial charge in [0.15, 0.2) is 5.69 Å². The Morgan fingerprint density at radius 1 is 1.06 bits per heavy atom. The Kier molecular flexibility index (Phi) is 5.66. The summed E-state index contributed by atoms with van der Waals surface area (Å²) in [6.07, 6.45) is 5.49. The lowest BCUT2D eigenvalue weighted by atomic mass is 10.1. The highest BCUT2D eigenvalue weighted by molar-refractivity contribution is 6.35. The second-order valence-corrected chi connectivity index (χ2v) is 8.46. The molecule has 0 spiro atoms. The Labute approximate surface area is 197 Å². The molecule has 1 amide bonds. The minimum Gasteiger partial charge on any atom is -0.360 e. The molecule has 0 atom stereocenters. The van der Waals surface area contributed by atoms with Gasteiger partial charge >= 0.3 is 0 Å². The van der Waals surface area contributed by atoms with Gasteiger partial charge in [0, 0.05) is 52.2 Å². The molecule has 0 fully saturated rings. The summed E-state index contributed by atoms with van der Waals surface area (Å²) in [5.41, 5.74) is 3.65. The largest absolute Gasteiger partial charge is 0.360 e. The number of rotatable bonds is 5. The van der Waals surface area contributed by atoms with E-state index < -0.39 is 11.7 Å². The molecular formula is C24H16Cl2FN5O. The number of hydrogen-bond donors (Lipinski definition) is 2. The summed E-state index contributed by atoms with van der Waals surface area (Å²) in [4.78, 5) is 20.0. The van der Waals surface area contributed by atoms with Crippen LogP contribution in [0.5, 0.6) is 0 Å². The van der Waals surface area contributed by atoms with Crippen molar-refractivity contribution in [2.24, 2.45) is 0 Å². The molecule has 33 heavy (non-hydrogen) atoms. The predicted molar refractivity (Wildman–Crippen MR) is 126 cm³/mol. The first-order chi connectivity index (χ1) is 16.0. The lowest BCUT2D eigenvalue weighted by Crippen LogP contribution is -2.24. The van der Waals surface area contributed by atoms with Gasteiger partial charge in [0.25, 0.3) is 5.91 Å². The molecule has 164 valence electrons. The quantitative estimate of drug-likeness (QED) is 0.349. The zero-order chi connectivity index (χ0) is 22.9. The number of aromatic amines is 1. The molecule has 0 saturated heterocycles. The minimum atomic E-state index is -0.451. The fourth-order valence-corrected chi connectivity index (χ4v) is 4.04. The van der Waals surface area contributed by atoms with E-state index >= 15 is 0 Å². The van der Waals surface area contributed by atoms with Gasteiger partial charge in [-0.05, 0) is 53.6 Å². The smallest absolute Gasteiger partial charge is 0.272 e. The van der Waals surface area contributed by atoms with E-state index in [-0.39, 0.29) is 12.2 Å². The lowest BCUT2D eigenvalue weighted by Gasteiger charge is -2.08. The van der Waals surface area contributed by atoms with Crippen LogP contribution in [0.3, 0.4) is 0 Å². The van der Waals surface area contributed by atoms with Crippen molar-refractivity contribution in [1.29, 1.82) is 0 Å². The fraction of sp³-hybridized carbons (Fsp3) is 0.0833. The van der Waals surface area contributed by atoms with Crippen molar-refractivity contribution in [3.8, 4) is 0 Å². The van der Waals surface area contributed by atoms with Crippen LogP contribution in [0.15, 0.2) is 61.1 Å². The average Bonchev–Trinajstić information content (AvgIpc) is 3.16. The van der Waals surface area contributed by atoms with Gasteiger partial charge in [0.2, 0.25) is 0 Å². The average molecular weight is 480 g/mol. The van der Waals surface area contributed by atoms with E-state index in [1.54, 1.807) is 36.8 Å². The van der Waals surface area contributed by atoms with Gasteiger partial charge in [0.05, 0.1) is 16.7 Å². The fourth-order valence-electron chi connectivity index (χ4n) is 3.65. The Bertz CT molecular complexity index is 1520. The molecule has 3 aromatic heterocycles. The van der Waals surface area contributed by atoms with Crippen LogP contribution in [0.1, 0.15) is 27.2 Å². The van der Waals surface area contributed by atoms with Gasteiger partial charge in [-0.15, -0.1) is 5.10 Å². The van der Waals surface area contributed by atoms with Gasteiger partial charge in [-0.2, -0.15) is 5.10 Å². The van der Waals surface area contributed by atoms with Crippen molar-refractivity contribution >= 4 is 50.9 Å². The van der Waals surface area contributed by atoms with Gasteiger partial charge in [-0.3, -0.25) is 9.78 Å². The molecule has 9 heteroatoms. The van der Waals surface area contributed by atoms with Crippen molar-refractivity contribution in [3.63, 3.8) is 0 Å². The standard InChI is InChI=1S/C24H16Cl2FN5O/c25-17-1-2-21-15(6-17)4-13(9-28-21)3-14-5-23(32-31-10-14)24(33)30-11-16-7-18-19(26)12-29-22(18)8-20(16)27/h1-2,4-10,12,29H,3,11H2,(H,30,33). The number of nitrogens with one attached hydrogen (secondary N) is 2. The number of pyridine rings is 1. The summed E-state index contributed by atoms with van der Waals surface area (Å²) in [5, 5.41) is 13.3. The van der Waals surface area contributed by atoms with E-state index in [0.29, 0.717) is 32.9 Å². The van der Waals surface area contributed by atoms with E-state index in [4.69, 9.17) is 23.2 Å². The molecule has 6 nitrogen and oxygen atoms in total. The summed E-state index contributed by atoms with van der Waals surface area (Å²) in [6.45, 7) is -0.0105. The number of carbonyl (C=O) groups is 1. The van der Waals surface area contributed by atoms with E-state index in [9.17, 15) is 9.18 Å². The highest BCUT2D eigenvalue weighted by atomic mass is 35.5. The number of carbonyl (C=O) groups excluding carboxylic acids is 1. The van der Waals surface area contributed by atoms with E-state index in [1.165, 1.54) is 6.07 Å². The molecule has 0 aliphatic heterocycles. The number of amides is 1. The van der Waals surface area contributed by atoms with Crippen LogP contribution < -0.4 is 5.32 Å². The van der Waals surface area contributed by atoms with Crippen LogP contribution in [0.4, 0.5) is 4.39 Å². The Morgan fingerprint density at radius 3 is 2.79 bits per heavy atom. The second-order valence-electron chi connectivity index (χ2n) is 7.61. The number of nitrogens with zero attached hydrogens (tertiary/aromatic N) is 3. The van der Waals surface area contributed by atoms with Crippen molar-refractivity contribution in [2.45, 2.75) is 13.0 Å². The Morgan fingerprint density at radius 2 is 1.91 bits per heavy atom. The normalized spacial score (nSPS) is 11.2. The molecule has 0 aliphatic carbocycles. The first-order valence-corrected chi connectivity index (χ1v) is 10.8. The zero-order valence-electron chi connectivity index (χ0n) is 17.1. The highest BCUT2D eigenvalue weighted by Gasteiger charge is 2.13. The van der Waals surface area contributed by atoms with Crippen LogP contribution in [0, 0.1) is 5.82 Å². The Balaban J connectivity index is 1.31. The van der Waals surface area contributed by atoms with Crippen molar-refractivity contribution < 1.29 is 9.18 Å². The summed E-state index contributed by atoms with van der Waals surface area (Å²) >= 11 is 12.2. The molecule has 0 saturated carbocycles. The van der Waals surface area contributed by atoms with Gasteiger partial charge in [0.1, 0.15) is 5.82 Å². The minimum absolute atomic E-state index is 0.0105. The maximum absolute atomic E-state index is 14.4. The second kappa shape index (κ2) is 8.77. The predicted octanol–water partition coefficient (Wildman–Crippen LogP) is 5.47. The van der Waals surface area contributed by atoms with Crippen LogP contribution in [0.2, 0.25) is 10.0 Å². The van der Waals surface area contributed by atoms with Gasteiger partial charge < -0.3 is 10.3 Å². The summed E-state index contributed by atoms with van der Waals surface area (Å²) in [7, 11) is 0. The van der Waals surface area contributed by atoms with Crippen molar-refractivity contribution in [1.82, 2.24) is 25.5 Å². The molecular weight excluding hydrogens is 464 g/mol. The van der Waals surface area contributed by atoms with Gasteiger partial charge in [-0.1, -0.05) is 23.2 Å². The van der Waals surface area contributed by atoms with E-state index in [2.05, 4.69) is 25.5 Å². The van der Waals surface area contributed by atoms with Crippen LogP contribution in [0.25, 0.3) is 21.8 Å². The third kappa shape index (κ3) is 4.51. The molecule has 2 N–H and O–H groups in total. The third-order valence-corrected chi connectivity index (χ3v) is 5.84. The van der Waals surface area contributed by atoms with Crippen molar-refractivity contribution in [2.75, 3.05) is 0 Å². The number of benzene rings is 2. The van der Waals surface area contributed by atoms with Gasteiger partial charge in [-0.25, -0.2) is 4.39 Å². The molecule has 5 rings (SSSR count). The summed E-state index contributed by atoms with van der Waals surface area (Å²) in [5.74, 6) is -0.891. The summed E-state index contributed by atoms with van der Waals surface area (Å²) < 4.78 is 14.4. The first-order valence-electron chi connectivity index (χ1n) is 10.1. The number of fused-ring (bicyclic) bond motifs is 2. The number of aromatic nitrogens is 4. The van der Waals surface area contributed by atoms with Crippen LogP contribution >= 0.6 is 23.2 Å². The number of hydrogen-bond acceptors (Lipinski definition) is 4. The maximum atomic E-state index is 14.4. The monoisotopic (exact) mass is 479 g/mol. The number of halogens is 3. The molecule has 2 aromatic carbocycles. The molecule has 0 aliphatic rings. The third-order valence-electron chi connectivity index (χ3n) is 5.29. The summed E-state index contributed by atoms with van der Waals surface area (Å²) in [6, 6.07) is 12.1. The van der Waals surface area contributed by atoms with Crippen molar-refractivity contribution in [3.05, 3.63) is 99.3 Å². The van der Waals surface area contributed by atoms with E-state index in [0.717, 1.165) is 22.0 Å². The molecule has 0 bridgehead atoms. The SMILES string of the molecule is O=C(NCc1cc2c(Cl)c[nH]c2cc1F)c1cc(Cc2cnc3ccc(Cl)cc3c2)cnn1. The van der Waals surface area contributed by atoms with E-state index in [1.807, 2.05) is 18.2 Å². The molecule has 3 heterocycles. The topological polar surface area (TPSA) is 83.6 Å².